The molecule has 6 aromatic carbocycles. The first kappa shape index (κ1) is 38.1. The van der Waals surface area contributed by atoms with E-state index in [-0.39, 0.29) is 0 Å². The van der Waals surface area contributed by atoms with Crippen LogP contribution in [-0.2, 0) is 30.4 Å². The van der Waals surface area contributed by atoms with E-state index >= 15 is 0 Å². The van der Waals surface area contributed by atoms with E-state index in [1.54, 1.807) is 0 Å². The molecule has 1 heterocycles. The molecule has 2 nitrogen and oxygen atoms in total. The first-order valence-electron chi connectivity index (χ1n) is 17.9. The van der Waals surface area contributed by atoms with E-state index in [0.29, 0.717) is 12.7 Å². The first-order valence-corrected chi connectivity index (χ1v) is 17.9. The molecule has 0 amide bonds. The Bertz CT molecular complexity index is 1530. The van der Waals surface area contributed by atoms with E-state index in [2.05, 4.69) is 137 Å². The lowest BCUT2D eigenvalue weighted by Crippen LogP contribution is -2.04. The Hall–Kier alpha value is -4.40. The predicted octanol–water partition coefficient (Wildman–Crippen LogP) is 12.4. The van der Waals surface area contributed by atoms with E-state index in [0.717, 1.165) is 38.0 Å². The van der Waals surface area contributed by atoms with Gasteiger partial charge in [-0.2, -0.15) is 0 Å². The average Bonchev–Trinajstić information content (AvgIpc) is 4.00. The highest BCUT2D eigenvalue weighted by Gasteiger charge is 2.23. The van der Waals surface area contributed by atoms with Crippen LogP contribution in [0.3, 0.4) is 0 Å². The highest BCUT2D eigenvalue weighted by molar-refractivity contribution is 5.98. The molecule has 252 valence electrons. The van der Waals surface area contributed by atoms with Gasteiger partial charge in [0, 0.05) is 0 Å². The minimum atomic E-state index is 0.338. The molecule has 48 heavy (non-hydrogen) atoms. The van der Waals surface area contributed by atoms with Gasteiger partial charge in [-0.05, 0) is 100 Å². The number of fused-ring (bicyclic) bond motifs is 2. The predicted molar refractivity (Wildman–Crippen MR) is 210 cm³/mol. The summed E-state index contributed by atoms with van der Waals surface area (Å²) >= 11 is 0. The monoisotopic (exact) mass is 640 g/mol. The molecule has 0 spiro atoms. The van der Waals surface area contributed by atoms with Crippen molar-refractivity contribution in [2.45, 2.75) is 80.3 Å². The smallest absolute Gasteiger partial charge is 0.122 e. The van der Waals surface area contributed by atoms with Gasteiger partial charge in [0.1, 0.15) is 18.5 Å². The number of hydrogen-bond donors (Lipinski definition) is 0. The van der Waals surface area contributed by atoms with Gasteiger partial charge in [-0.1, -0.05) is 157 Å². The first-order chi connectivity index (χ1) is 23.5. The number of ether oxygens (including phenoxy) is 2. The van der Waals surface area contributed by atoms with Crippen molar-refractivity contribution in [1.82, 2.24) is 0 Å². The van der Waals surface area contributed by atoms with Gasteiger partial charge in [0.15, 0.2) is 0 Å². The van der Waals surface area contributed by atoms with E-state index in [9.17, 15) is 0 Å². The molecule has 1 aliphatic rings. The lowest BCUT2D eigenvalue weighted by atomic mass is 10.0. The molecule has 2 heteroatoms. The van der Waals surface area contributed by atoms with Crippen LogP contribution >= 0.6 is 0 Å². The van der Waals surface area contributed by atoms with Crippen LogP contribution in [0.15, 0.2) is 133 Å². The van der Waals surface area contributed by atoms with Crippen molar-refractivity contribution < 1.29 is 9.47 Å². The van der Waals surface area contributed by atoms with E-state index in [4.69, 9.17) is 9.47 Å². The molecule has 0 bridgehead atoms. The molecule has 1 unspecified atom stereocenters. The third-order valence-electron chi connectivity index (χ3n) is 8.21. The van der Waals surface area contributed by atoms with Crippen LogP contribution in [0, 0.1) is 6.92 Å². The highest BCUT2D eigenvalue weighted by Crippen LogP contribution is 2.22. The number of para-hydroxylation sites is 1. The van der Waals surface area contributed by atoms with E-state index in [1.807, 2.05) is 45.0 Å². The van der Waals surface area contributed by atoms with Gasteiger partial charge in [-0.25, -0.2) is 0 Å². The summed E-state index contributed by atoms with van der Waals surface area (Å²) in [6.45, 7) is 16.3. The molecule has 0 radical (unpaired) electrons. The molecule has 0 aromatic heterocycles. The molecular weight excluding hydrogens is 585 g/mol. The highest BCUT2D eigenvalue weighted by atomic mass is 16.6. The van der Waals surface area contributed by atoms with Gasteiger partial charge in [-0.15, -0.1) is 0 Å². The van der Waals surface area contributed by atoms with Crippen molar-refractivity contribution in [2.24, 2.45) is 0 Å². The summed E-state index contributed by atoms with van der Waals surface area (Å²) in [5.41, 5.74) is 6.89. The average molecular weight is 641 g/mol. The van der Waals surface area contributed by atoms with Crippen LogP contribution in [-0.4, -0.2) is 19.3 Å². The van der Waals surface area contributed by atoms with Crippen molar-refractivity contribution >= 4 is 21.5 Å². The maximum Gasteiger partial charge on any atom is 0.122 e. The Morgan fingerprint density at radius 1 is 0.500 bits per heavy atom. The second kappa shape index (κ2) is 21.5. The molecule has 6 aromatic rings. The SMILES string of the molecule is CC.CCc1ccc(CC)cc1.CCc1ccc(CC)cc1.Cc1ccccc1OCC1CO1.c1ccc2cc3ccccc3cc2c1. The lowest BCUT2D eigenvalue weighted by Gasteiger charge is -2.06. The van der Waals surface area contributed by atoms with Crippen LogP contribution in [0.5, 0.6) is 5.75 Å². The van der Waals surface area contributed by atoms with Crippen LogP contribution in [0.2, 0.25) is 0 Å². The van der Waals surface area contributed by atoms with Crippen LogP contribution < -0.4 is 4.74 Å². The number of rotatable bonds is 7. The summed E-state index contributed by atoms with van der Waals surface area (Å²) in [5, 5.41) is 5.25. The lowest BCUT2D eigenvalue weighted by molar-refractivity contribution is 0.262. The van der Waals surface area contributed by atoms with Gasteiger partial charge in [0.25, 0.3) is 0 Å². The van der Waals surface area contributed by atoms with Crippen LogP contribution in [0.1, 0.15) is 69.4 Å². The molecule has 1 saturated heterocycles. The maximum atomic E-state index is 5.54. The molecule has 0 saturated carbocycles. The molecule has 0 aliphatic carbocycles. The number of aryl methyl sites for hydroxylation is 5. The zero-order valence-electron chi connectivity index (χ0n) is 30.3. The molecule has 1 fully saturated rings. The Morgan fingerprint density at radius 3 is 1.10 bits per heavy atom. The summed E-state index contributed by atoms with van der Waals surface area (Å²) in [4.78, 5) is 0. The third kappa shape index (κ3) is 13.0. The van der Waals surface area contributed by atoms with Crippen LogP contribution in [0.25, 0.3) is 21.5 Å². The van der Waals surface area contributed by atoms with Crippen LogP contribution in [0.4, 0.5) is 0 Å². The molecule has 7 rings (SSSR count). The fourth-order valence-electron chi connectivity index (χ4n) is 4.97. The summed E-state index contributed by atoms with van der Waals surface area (Å²) in [6.07, 6.45) is 4.91. The second-order valence-corrected chi connectivity index (χ2v) is 11.6. The Balaban J connectivity index is 0.000000172. The van der Waals surface area contributed by atoms with E-state index in [1.165, 1.54) is 49.4 Å². The van der Waals surface area contributed by atoms with Crippen molar-refractivity contribution in [3.8, 4) is 5.75 Å². The minimum Gasteiger partial charge on any atom is -0.491 e. The normalized spacial score (nSPS) is 12.5. The fourth-order valence-corrected chi connectivity index (χ4v) is 4.97. The Kier molecular flexibility index (Phi) is 17.0. The molecule has 1 atom stereocenters. The van der Waals surface area contributed by atoms with Gasteiger partial charge >= 0.3 is 0 Å². The van der Waals surface area contributed by atoms with E-state index < -0.39 is 0 Å². The second-order valence-electron chi connectivity index (χ2n) is 11.6. The molecular formula is C46H56O2. The summed E-state index contributed by atoms with van der Waals surface area (Å²) in [6, 6.07) is 47.1. The fraction of sp³-hybridized carbons (Fsp3) is 0.304. The van der Waals surface area contributed by atoms with Gasteiger partial charge < -0.3 is 9.47 Å². The third-order valence-corrected chi connectivity index (χ3v) is 8.21. The van der Waals surface area contributed by atoms with Crippen molar-refractivity contribution in [2.75, 3.05) is 13.2 Å². The van der Waals surface area contributed by atoms with Gasteiger partial charge in [-0.3, -0.25) is 0 Å². The van der Waals surface area contributed by atoms with Crippen molar-refractivity contribution in [1.29, 1.82) is 0 Å². The zero-order valence-corrected chi connectivity index (χ0v) is 30.3. The molecule has 1 aliphatic heterocycles. The number of hydrogen-bond acceptors (Lipinski definition) is 2. The van der Waals surface area contributed by atoms with Crippen molar-refractivity contribution in [3.05, 3.63) is 161 Å². The summed E-state index contributed by atoms with van der Waals surface area (Å²) in [5.74, 6) is 0.966. The standard InChI is InChI=1S/C14H10.C10H12O2.2C10H14.C2H6/c1-2-6-12-10-14-8-4-3-7-13(14)9-11(12)5-1;1-8-4-2-3-5-10(8)12-7-9-6-11-9;2*1-3-9-5-7-10(4-2)8-6-9;1-2/h1-10H;2-5,9H,6-7H2,1H3;2*5-8H,3-4H2,1-2H3;1-2H3. The summed E-state index contributed by atoms with van der Waals surface area (Å²) in [7, 11) is 0. The minimum absolute atomic E-state index is 0.338. The zero-order chi connectivity index (χ0) is 34.6. The van der Waals surface area contributed by atoms with Crippen molar-refractivity contribution in [3.63, 3.8) is 0 Å². The Morgan fingerprint density at radius 2 is 0.812 bits per heavy atom. The Labute approximate surface area is 290 Å². The number of epoxide rings is 1. The number of benzene rings is 6. The van der Waals surface area contributed by atoms with Gasteiger partial charge in [0.2, 0.25) is 0 Å². The van der Waals surface area contributed by atoms with Gasteiger partial charge in [0.05, 0.1) is 6.61 Å². The maximum absolute atomic E-state index is 5.54. The quantitative estimate of drug-likeness (QED) is 0.128. The largest absolute Gasteiger partial charge is 0.491 e. The molecule has 0 N–H and O–H groups in total. The summed E-state index contributed by atoms with van der Waals surface area (Å²) < 4.78 is 10.6. The topological polar surface area (TPSA) is 21.8 Å².